The van der Waals surface area contributed by atoms with Crippen LogP contribution in [0, 0.1) is 13.8 Å². The Hall–Kier alpha value is -1.51. The summed E-state index contributed by atoms with van der Waals surface area (Å²) < 4.78 is 5.72. The van der Waals surface area contributed by atoms with Gasteiger partial charge in [-0.1, -0.05) is 19.1 Å². The number of aryl methyl sites for hydroxylation is 1. The zero-order chi connectivity index (χ0) is 13.7. The molecule has 18 heavy (non-hydrogen) atoms. The molecule has 1 aromatic rings. The van der Waals surface area contributed by atoms with Gasteiger partial charge in [0, 0.05) is 6.04 Å². The Morgan fingerprint density at radius 1 is 1.33 bits per heavy atom. The molecular formula is C15H23NO2. The van der Waals surface area contributed by atoms with Crippen LogP contribution in [0.4, 0.5) is 0 Å². The molecule has 0 aromatic heterocycles. The fourth-order valence-electron chi connectivity index (χ4n) is 1.56. The molecule has 0 radical (unpaired) electrons. The third kappa shape index (κ3) is 3.76. The summed E-state index contributed by atoms with van der Waals surface area (Å²) in [4.78, 5) is 11.9. The van der Waals surface area contributed by atoms with Crippen molar-refractivity contribution in [3.8, 4) is 5.75 Å². The average molecular weight is 249 g/mol. The van der Waals surface area contributed by atoms with Crippen LogP contribution in [0.1, 0.15) is 38.3 Å². The molecule has 0 bridgehead atoms. The van der Waals surface area contributed by atoms with Crippen molar-refractivity contribution in [2.45, 2.75) is 53.2 Å². The minimum Gasteiger partial charge on any atom is -0.481 e. The number of carbonyl (C=O) groups excluding carboxylic acids is 1. The molecule has 0 saturated carbocycles. The summed E-state index contributed by atoms with van der Waals surface area (Å²) in [6, 6.07) is 6.06. The lowest BCUT2D eigenvalue weighted by Gasteiger charge is -2.19. The summed E-state index contributed by atoms with van der Waals surface area (Å²) in [5.41, 5.74) is 2.25. The van der Waals surface area contributed by atoms with Gasteiger partial charge in [0.05, 0.1) is 0 Å². The van der Waals surface area contributed by atoms with Crippen molar-refractivity contribution < 1.29 is 9.53 Å². The van der Waals surface area contributed by atoms with E-state index in [1.807, 2.05) is 45.9 Å². The second-order valence-corrected chi connectivity index (χ2v) is 4.78. The number of rotatable bonds is 5. The van der Waals surface area contributed by atoms with E-state index in [0.717, 1.165) is 17.7 Å². The normalized spacial score (nSPS) is 13.8. The Balaban J connectivity index is 2.67. The number of amides is 1. The Kier molecular flexibility index (Phi) is 5.20. The van der Waals surface area contributed by atoms with Crippen LogP contribution < -0.4 is 10.1 Å². The Labute approximate surface area is 110 Å². The summed E-state index contributed by atoms with van der Waals surface area (Å²) in [6.07, 6.45) is 0.446. The first kappa shape index (κ1) is 14.6. The topological polar surface area (TPSA) is 38.3 Å². The molecule has 0 fully saturated rings. The van der Waals surface area contributed by atoms with Crippen LogP contribution in [0.5, 0.6) is 5.75 Å². The smallest absolute Gasteiger partial charge is 0.260 e. The quantitative estimate of drug-likeness (QED) is 0.871. The second-order valence-electron chi connectivity index (χ2n) is 4.78. The molecule has 0 saturated heterocycles. The van der Waals surface area contributed by atoms with Gasteiger partial charge in [-0.25, -0.2) is 0 Å². The van der Waals surface area contributed by atoms with Crippen LogP contribution in [0.25, 0.3) is 0 Å². The standard InChI is InChI=1S/C15H23NO2/c1-6-11(3)16-15(17)13(5)18-14-9-7-8-10(2)12(14)4/h7-9,11,13H,6H2,1-5H3,(H,16,17)/t11-,13-/m1/s1. The summed E-state index contributed by atoms with van der Waals surface area (Å²) in [5, 5.41) is 2.92. The highest BCUT2D eigenvalue weighted by molar-refractivity contribution is 5.81. The van der Waals surface area contributed by atoms with Crippen LogP contribution in [-0.2, 0) is 4.79 Å². The lowest BCUT2D eigenvalue weighted by molar-refractivity contribution is -0.127. The number of hydrogen-bond acceptors (Lipinski definition) is 2. The first-order valence-electron chi connectivity index (χ1n) is 6.49. The minimum atomic E-state index is -0.473. The van der Waals surface area contributed by atoms with Crippen LogP contribution in [0.15, 0.2) is 18.2 Å². The van der Waals surface area contributed by atoms with Crippen LogP contribution >= 0.6 is 0 Å². The van der Waals surface area contributed by atoms with E-state index < -0.39 is 6.10 Å². The Bertz CT molecular complexity index is 415. The third-order valence-corrected chi connectivity index (χ3v) is 3.23. The van der Waals surface area contributed by atoms with Crippen molar-refractivity contribution in [3.05, 3.63) is 29.3 Å². The van der Waals surface area contributed by atoms with Gasteiger partial charge in [0.2, 0.25) is 0 Å². The molecule has 0 aliphatic carbocycles. The lowest BCUT2D eigenvalue weighted by Crippen LogP contribution is -2.41. The number of carbonyl (C=O) groups is 1. The fourth-order valence-corrected chi connectivity index (χ4v) is 1.56. The van der Waals surface area contributed by atoms with Crippen molar-refractivity contribution in [2.24, 2.45) is 0 Å². The monoisotopic (exact) mass is 249 g/mol. The first-order valence-corrected chi connectivity index (χ1v) is 6.49. The Morgan fingerprint density at radius 3 is 2.61 bits per heavy atom. The van der Waals surface area contributed by atoms with E-state index in [1.54, 1.807) is 6.92 Å². The second kappa shape index (κ2) is 6.43. The van der Waals surface area contributed by atoms with Gasteiger partial charge in [-0.15, -0.1) is 0 Å². The lowest BCUT2D eigenvalue weighted by atomic mass is 10.1. The maximum Gasteiger partial charge on any atom is 0.260 e. The number of benzene rings is 1. The summed E-state index contributed by atoms with van der Waals surface area (Å²) in [5.74, 6) is 0.715. The van der Waals surface area contributed by atoms with E-state index in [0.29, 0.717) is 0 Å². The fraction of sp³-hybridized carbons (Fsp3) is 0.533. The molecule has 3 heteroatoms. The average Bonchev–Trinajstić information content (AvgIpc) is 2.34. The predicted octanol–water partition coefficient (Wildman–Crippen LogP) is 2.99. The van der Waals surface area contributed by atoms with Gasteiger partial charge in [-0.3, -0.25) is 4.79 Å². The maximum absolute atomic E-state index is 11.9. The van der Waals surface area contributed by atoms with Gasteiger partial charge in [-0.05, 0) is 51.3 Å². The highest BCUT2D eigenvalue weighted by atomic mass is 16.5. The molecule has 1 rings (SSSR count). The minimum absolute atomic E-state index is 0.0646. The SMILES string of the molecule is CC[C@@H](C)NC(=O)[C@@H](C)Oc1cccc(C)c1C. The summed E-state index contributed by atoms with van der Waals surface area (Å²) >= 11 is 0. The molecule has 1 aromatic carbocycles. The van der Waals surface area contributed by atoms with Crippen molar-refractivity contribution in [1.29, 1.82) is 0 Å². The first-order chi connectivity index (χ1) is 8.45. The van der Waals surface area contributed by atoms with Crippen LogP contribution in [0.3, 0.4) is 0 Å². The van der Waals surface area contributed by atoms with Gasteiger partial charge in [0.15, 0.2) is 6.10 Å². The van der Waals surface area contributed by atoms with Crippen molar-refractivity contribution in [2.75, 3.05) is 0 Å². The third-order valence-electron chi connectivity index (χ3n) is 3.23. The molecule has 0 spiro atoms. The number of nitrogens with one attached hydrogen (secondary N) is 1. The summed E-state index contributed by atoms with van der Waals surface area (Å²) in [7, 11) is 0. The highest BCUT2D eigenvalue weighted by Crippen LogP contribution is 2.21. The number of hydrogen-bond donors (Lipinski definition) is 1. The van der Waals surface area contributed by atoms with E-state index in [9.17, 15) is 4.79 Å². The molecule has 0 heterocycles. The van der Waals surface area contributed by atoms with Crippen LogP contribution in [0.2, 0.25) is 0 Å². The van der Waals surface area contributed by atoms with Crippen molar-refractivity contribution in [3.63, 3.8) is 0 Å². The maximum atomic E-state index is 11.9. The molecule has 1 N–H and O–H groups in total. The van der Waals surface area contributed by atoms with Gasteiger partial charge in [0.25, 0.3) is 5.91 Å². The van der Waals surface area contributed by atoms with Gasteiger partial charge >= 0.3 is 0 Å². The number of ether oxygens (including phenoxy) is 1. The van der Waals surface area contributed by atoms with Gasteiger partial charge in [0.1, 0.15) is 5.75 Å². The molecule has 0 aliphatic rings. The Morgan fingerprint density at radius 2 is 2.00 bits per heavy atom. The van der Waals surface area contributed by atoms with Gasteiger partial charge < -0.3 is 10.1 Å². The van der Waals surface area contributed by atoms with Crippen molar-refractivity contribution in [1.82, 2.24) is 5.32 Å². The molecule has 0 aliphatic heterocycles. The molecule has 100 valence electrons. The zero-order valence-corrected chi connectivity index (χ0v) is 11.9. The highest BCUT2D eigenvalue weighted by Gasteiger charge is 2.17. The van der Waals surface area contributed by atoms with Gasteiger partial charge in [-0.2, -0.15) is 0 Å². The zero-order valence-electron chi connectivity index (χ0n) is 11.9. The molecule has 1 amide bonds. The summed E-state index contributed by atoms with van der Waals surface area (Å²) in [6.45, 7) is 9.85. The van der Waals surface area contributed by atoms with Crippen molar-refractivity contribution >= 4 is 5.91 Å². The molecule has 2 atom stereocenters. The van der Waals surface area contributed by atoms with E-state index in [4.69, 9.17) is 4.74 Å². The van der Waals surface area contributed by atoms with E-state index in [2.05, 4.69) is 5.32 Å². The van der Waals surface area contributed by atoms with E-state index in [-0.39, 0.29) is 11.9 Å². The predicted molar refractivity (Wildman–Crippen MR) is 73.9 cm³/mol. The molecular weight excluding hydrogens is 226 g/mol. The van der Waals surface area contributed by atoms with Crippen LogP contribution in [-0.4, -0.2) is 18.1 Å². The van der Waals surface area contributed by atoms with E-state index >= 15 is 0 Å². The largest absolute Gasteiger partial charge is 0.481 e. The molecule has 0 unspecified atom stereocenters. The molecule has 3 nitrogen and oxygen atoms in total. The van der Waals surface area contributed by atoms with E-state index in [1.165, 1.54) is 5.56 Å².